The number of piperazine rings is 1. The van der Waals surface area contributed by atoms with Crippen molar-refractivity contribution in [3.8, 4) is 0 Å². The minimum Gasteiger partial charge on any atom is -0.335 e. The van der Waals surface area contributed by atoms with Crippen molar-refractivity contribution in [3.05, 3.63) is 81.5 Å². The summed E-state index contributed by atoms with van der Waals surface area (Å²) >= 11 is 1.17. The van der Waals surface area contributed by atoms with E-state index >= 15 is 0 Å². The Morgan fingerprint density at radius 3 is 2.34 bits per heavy atom. The van der Waals surface area contributed by atoms with Crippen LogP contribution in [0, 0.1) is 13.8 Å². The van der Waals surface area contributed by atoms with Crippen LogP contribution >= 0.6 is 11.3 Å². The lowest BCUT2D eigenvalue weighted by Gasteiger charge is -2.35. The summed E-state index contributed by atoms with van der Waals surface area (Å²) in [6.45, 7) is 7.58. The summed E-state index contributed by atoms with van der Waals surface area (Å²) in [7, 11) is -3.85. The Morgan fingerprint density at radius 2 is 1.66 bits per heavy atom. The van der Waals surface area contributed by atoms with Gasteiger partial charge in [0.2, 0.25) is 0 Å². The smallest absolute Gasteiger partial charge is 0.265 e. The van der Waals surface area contributed by atoms with Crippen LogP contribution < -0.4 is 4.72 Å². The highest BCUT2D eigenvalue weighted by Gasteiger charge is 2.29. The third-order valence-electron chi connectivity index (χ3n) is 5.73. The molecule has 0 saturated carbocycles. The van der Waals surface area contributed by atoms with Crippen LogP contribution in [0.2, 0.25) is 0 Å². The van der Waals surface area contributed by atoms with Crippen LogP contribution in [-0.4, -0.2) is 50.3 Å². The van der Waals surface area contributed by atoms with E-state index in [0.29, 0.717) is 18.8 Å². The van der Waals surface area contributed by atoms with Crippen molar-refractivity contribution >= 4 is 33.0 Å². The van der Waals surface area contributed by atoms with Gasteiger partial charge in [0.25, 0.3) is 15.9 Å². The largest absolute Gasteiger partial charge is 0.335 e. The van der Waals surface area contributed by atoms with E-state index in [1.807, 2.05) is 31.2 Å². The van der Waals surface area contributed by atoms with Crippen LogP contribution in [0.5, 0.6) is 0 Å². The van der Waals surface area contributed by atoms with Crippen molar-refractivity contribution in [1.82, 2.24) is 9.80 Å². The van der Waals surface area contributed by atoms with Crippen molar-refractivity contribution in [2.75, 3.05) is 30.9 Å². The number of thiophene rings is 1. The molecule has 1 N–H and O–H groups in total. The first kappa shape index (κ1) is 22.5. The fraction of sp³-hybridized carbons (Fsp3) is 0.292. The van der Waals surface area contributed by atoms with Crippen LogP contribution in [0.4, 0.5) is 5.69 Å². The molecule has 1 amide bonds. The third-order valence-corrected chi connectivity index (χ3v) is 8.19. The van der Waals surface area contributed by atoms with Gasteiger partial charge in [-0.25, -0.2) is 8.42 Å². The molecule has 1 aromatic heterocycles. The highest BCUT2D eigenvalue weighted by molar-refractivity contribution is 7.93. The van der Waals surface area contributed by atoms with Crippen LogP contribution in [0.15, 0.2) is 64.9 Å². The Balaban J connectivity index is 1.42. The molecular weight excluding hydrogens is 442 g/mol. The number of rotatable bonds is 6. The highest BCUT2D eigenvalue weighted by Crippen LogP contribution is 2.26. The van der Waals surface area contributed by atoms with Gasteiger partial charge in [-0.15, -0.1) is 11.3 Å². The van der Waals surface area contributed by atoms with Gasteiger partial charge in [-0.05, 0) is 48.6 Å². The summed E-state index contributed by atoms with van der Waals surface area (Å²) in [4.78, 5) is 17.6. The van der Waals surface area contributed by atoms with Gasteiger partial charge < -0.3 is 4.90 Å². The molecule has 1 aliphatic heterocycles. The van der Waals surface area contributed by atoms with E-state index in [1.165, 1.54) is 28.5 Å². The van der Waals surface area contributed by atoms with Crippen molar-refractivity contribution in [3.63, 3.8) is 0 Å². The maximum atomic E-state index is 13.2. The minimum atomic E-state index is -3.85. The highest BCUT2D eigenvalue weighted by atomic mass is 32.2. The maximum absolute atomic E-state index is 13.2. The zero-order chi connectivity index (χ0) is 22.7. The number of aryl methyl sites for hydroxylation is 2. The van der Waals surface area contributed by atoms with Crippen LogP contribution in [0.3, 0.4) is 0 Å². The predicted octanol–water partition coefficient (Wildman–Crippen LogP) is 4.12. The average Bonchev–Trinajstić information content (AvgIpc) is 3.28. The number of carbonyl (C=O) groups is 1. The number of sulfonamides is 1. The minimum absolute atomic E-state index is 0.0374. The summed E-state index contributed by atoms with van der Waals surface area (Å²) < 4.78 is 28.5. The molecular formula is C24H27N3O3S2. The van der Waals surface area contributed by atoms with Crippen molar-refractivity contribution in [1.29, 1.82) is 0 Å². The first-order chi connectivity index (χ1) is 15.3. The lowest BCUT2D eigenvalue weighted by atomic mass is 10.1. The fourth-order valence-corrected chi connectivity index (χ4v) is 6.23. The molecule has 8 heteroatoms. The molecule has 168 valence electrons. The molecule has 2 aromatic carbocycles. The zero-order valence-corrected chi connectivity index (χ0v) is 19.9. The molecule has 1 saturated heterocycles. The topological polar surface area (TPSA) is 69.7 Å². The fourth-order valence-electron chi connectivity index (χ4n) is 3.78. The number of hydrogen-bond donors (Lipinski definition) is 1. The molecule has 1 aliphatic rings. The molecule has 0 spiro atoms. The molecule has 4 rings (SSSR count). The maximum Gasteiger partial charge on any atom is 0.265 e. The van der Waals surface area contributed by atoms with Gasteiger partial charge in [0.15, 0.2) is 0 Å². The molecule has 0 atom stereocenters. The van der Waals surface area contributed by atoms with Gasteiger partial charge in [-0.1, -0.05) is 42.0 Å². The molecule has 6 nitrogen and oxygen atoms in total. The Hall–Kier alpha value is -2.68. The van der Waals surface area contributed by atoms with E-state index in [1.54, 1.807) is 22.4 Å². The molecule has 0 radical (unpaired) electrons. The standard InChI is InChI=1S/C24H27N3O3S2/c1-18-7-9-21(10-8-18)25-32(29,30)22-11-16-31-23(22)24(28)27-14-12-26(13-15-27)17-20-6-4-3-5-19(20)2/h3-11,16,25H,12-15,17H2,1-2H3. The van der Waals surface area contributed by atoms with Gasteiger partial charge >= 0.3 is 0 Å². The zero-order valence-electron chi connectivity index (χ0n) is 18.2. The number of benzene rings is 2. The normalized spacial score (nSPS) is 15.0. The SMILES string of the molecule is Cc1ccc(NS(=O)(=O)c2ccsc2C(=O)N2CCN(Cc3ccccc3C)CC2)cc1. The van der Waals surface area contributed by atoms with Gasteiger partial charge in [0.05, 0.1) is 0 Å². The molecule has 0 aliphatic carbocycles. The van der Waals surface area contributed by atoms with E-state index in [9.17, 15) is 13.2 Å². The molecule has 1 fully saturated rings. The van der Waals surface area contributed by atoms with Gasteiger partial charge in [-0.3, -0.25) is 14.4 Å². The van der Waals surface area contributed by atoms with Crippen molar-refractivity contribution < 1.29 is 13.2 Å². The molecule has 0 bridgehead atoms. The summed E-state index contributed by atoms with van der Waals surface area (Å²) in [6, 6.07) is 16.9. The number of amides is 1. The Bertz CT molecular complexity index is 1200. The Morgan fingerprint density at radius 1 is 0.969 bits per heavy atom. The second-order valence-electron chi connectivity index (χ2n) is 8.08. The number of hydrogen-bond acceptors (Lipinski definition) is 5. The summed E-state index contributed by atoms with van der Waals surface area (Å²) in [6.07, 6.45) is 0. The van der Waals surface area contributed by atoms with Crippen LogP contribution in [-0.2, 0) is 16.6 Å². The van der Waals surface area contributed by atoms with E-state index < -0.39 is 10.0 Å². The van der Waals surface area contributed by atoms with E-state index in [4.69, 9.17) is 0 Å². The molecule has 3 aromatic rings. The Labute approximate surface area is 193 Å². The summed E-state index contributed by atoms with van der Waals surface area (Å²) in [5, 5.41) is 1.66. The van der Waals surface area contributed by atoms with Crippen molar-refractivity contribution in [2.24, 2.45) is 0 Å². The van der Waals surface area contributed by atoms with Gasteiger partial charge in [-0.2, -0.15) is 0 Å². The number of nitrogens with one attached hydrogen (secondary N) is 1. The monoisotopic (exact) mass is 469 g/mol. The number of carbonyl (C=O) groups excluding carboxylic acids is 1. The second-order valence-corrected chi connectivity index (χ2v) is 10.6. The first-order valence-electron chi connectivity index (χ1n) is 10.6. The van der Waals surface area contributed by atoms with E-state index in [-0.39, 0.29) is 15.7 Å². The van der Waals surface area contributed by atoms with Crippen molar-refractivity contribution in [2.45, 2.75) is 25.3 Å². The number of nitrogens with zero attached hydrogens (tertiary/aromatic N) is 2. The molecule has 0 unspecified atom stereocenters. The molecule has 2 heterocycles. The van der Waals surface area contributed by atoms with Crippen LogP contribution in [0.25, 0.3) is 0 Å². The first-order valence-corrected chi connectivity index (χ1v) is 12.9. The summed E-state index contributed by atoms with van der Waals surface area (Å²) in [5.41, 5.74) is 4.08. The van der Waals surface area contributed by atoms with Gasteiger partial charge in [0, 0.05) is 38.4 Å². The molecule has 32 heavy (non-hydrogen) atoms. The van der Waals surface area contributed by atoms with E-state index in [2.05, 4.69) is 28.7 Å². The van der Waals surface area contributed by atoms with E-state index in [0.717, 1.165) is 25.2 Å². The quantitative estimate of drug-likeness (QED) is 0.590. The Kier molecular flexibility index (Phi) is 6.64. The van der Waals surface area contributed by atoms with Crippen LogP contribution in [0.1, 0.15) is 26.4 Å². The third kappa shape index (κ3) is 5.03. The summed E-state index contributed by atoms with van der Waals surface area (Å²) in [5.74, 6) is -0.222. The second kappa shape index (κ2) is 9.44. The van der Waals surface area contributed by atoms with Gasteiger partial charge in [0.1, 0.15) is 9.77 Å². The lowest BCUT2D eigenvalue weighted by Crippen LogP contribution is -2.48. The predicted molar refractivity (Wildman–Crippen MR) is 129 cm³/mol. The number of anilines is 1. The average molecular weight is 470 g/mol. The lowest BCUT2D eigenvalue weighted by molar-refractivity contribution is 0.0629.